The number of thiophene rings is 1. The van der Waals surface area contributed by atoms with Crippen molar-refractivity contribution in [3.05, 3.63) is 17.0 Å². The van der Waals surface area contributed by atoms with Gasteiger partial charge in [0, 0.05) is 26.2 Å². The molecule has 4 nitrogen and oxygen atoms in total. The van der Waals surface area contributed by atoms with Crippen LogP contribution in [0.3, 0.4) is 0 Å². The Labute approximate surface area is 120 Å². The second-order valence-corrected chi connectivity index (χ2v) is 8.67. The van der Waals surface area contributed by atoms with Crippen LogP contribution in [0, 0.1) is 5.92 Å². The molecular formula is C13H24N2O2S2. The highest BCUT2D eigenvalue weighted by Gasteiger charge is 2.23. The molecule has 19 heavy (non-hydrogen) atoms. The van der Waals surface area contributed by atoms with Crippen molar-refractivity contribution in [3.8, 4) is 0 Å². The highest BCUT2D eigenvalue weighted by Crippen LogP contribution is 2.23. The molecule has 1 rings (SSSR count). The highest BCUT2D eigenvalue weighted by atomic mass is 32.2. The molecule has 0 bridgehead atoms. The number of sulfonamides is 1. The van der Waals surface area contributed by atoms with E-state index in [-0.39, 0.29) is 0 Å². The monoisotopic (exact) mass is 304 g/mol. The van der Waals surface area contributed by atoms with Gasteiger partial charge in [0.2, 0.25) is 0 Å². The first-order valence-corrected chi connectivity index (χ1v) is 8.82. The summed E-state index contributed by atoms with van der Waals surface area (Å²) in [5.74, 6) is 0.321. The Morgan fingerprint density at radius 3 is 2.47 bits per heavy atom. The molecule has 0 aromatic carbocycles. The van der Waals surface area contributed by atoms with Gasteiger partial charge in [-0.15, -0.1) is 11.3 Å². The zero-order valence-electron chi connectivity index (χ0n) is 12.3. The third-order valence-electron chi connectivity index (χ3n) is 2.63. The van der Waals surface area contributed by atoms with Crippen LogP contribution in [0.4, 0.5) is 0 Å². The molecule has 0 radical (unpaired) electrons. The Kier molecular flexibility index (Phi) is 5.98. The molecule has 0 spiro atoms. The van der Waals surface area contributed by atoms with Gasteiger partial charge in [-0.2, -0.15) is 4.31 Å². The molecule has 1 N–H and O–H groups in total. The predicted octanol–water partition coefficient (Wildman–Crippen LogP) is 2.52. The largest absolute Gasteiger partial charge is 0.310 e. The fraction of sp³-hybridized carbons (Fsp3) is 0.692. The third-order valence-corrected chi connectivity index (χ3v) is 5.92. The van der Waals surface area contributed by atoms with Gasteiger partial charge in [0.25, 0.3) is 10.0 Å². The Morgan fingerprint density at radius 1 is 1.32 bits per heavy atom. The SMILES string of the molecule is CC(C)CN(C)S(=O)(=O)c1cc(CNC(C)C)cs1. The standard InChI is InChI=1S/C13H24N2O2S2/c1-10(2)8-15(5)19(16,17)13-6-12(9-18-13)7-14-11(3)4/h6,9-11,14H,7-8H2,1-5H3. The Hall–Kier alpha value is -0.430. The molecule has 0 aliphatic heterocycles. The zero-order valence-corrected chi connectivity index (χ0v) is 13.9. The number of hydrogen-bond acceptors (Lipinski definition) is 4. The van der Waals surface area contributed by atoms with Gasteiger partial charge in [0.1, 0.15) is 4.21 Å². The van der Waals surface area contributed by atoms with E-state index in [1.165, 1.54) is 15.6 Å². The van der Waals surface area contributed by atoms with Crippen molar-refractivity contribution in [2.75, 3.05) is 13.6 Å². The van der Waals surface area contributed by atoms with E-state index >= 15 is 0 Å². The molecule has 0 amide bonds. The molecule has 0 aliphatic carbocycles. The first-order chi connectivity index (χ1) is 8.73. The number of rotatable bonds is 7. The fourth-order valence-electron chi connectivity index (χ4n) is 1.67. The Morgan fingerprint density at radius 2 is 1.95 bits per heavy atom. The van der Waals surface area contributed by atoms with Gasteiger partial charge < -0.3 is 5.32 Å². The maximum Gasteiger partial charge on any atom is 0.252 e. The summed E-state index contributed by atoms with van der Waals surface area (Å²) in [6.07, 6.45) is 0. The number of nitrogens with zero attached hydrogens (tertiary/aromatic N) is 1. The summed E-state index contributed by atoms with van der Waals surface area (Å²) in [6.45, 7) is 9.41. The van der Waals surface area contributed by atoms with Crippen LogP contribution in [0.5, 0.6) is 0 Å². The molecule has 1 heterocycles. The maximum atomic E-state index is 12.3. The van der Waals surface area contributed by atoms with E-state index in [9.17, 15) is 8.42 Å². The van der Waals surface area contributed by atoms with Gasteiger partial charge in [-0.25, -0.2) is 8.42 Å². The Bertz CT molecular complexity index is 492. The topological polar surface area (TPSA) is 49.4 Å². The van der Waals surface area contributed by atoms with E-state index in [0.717, 1.165) is 5.56 Å². The lowest BCUT2D eigenvalue weighted by atomic mass is 10.2. The van der Waals surface area contributed by atoms with Crippen LogP contribution in [-0.2, 0) is 16.6 Å². The van der Waals surface area contributed by atoms with Crippen molar-refractivity contribution < 1.29 is 8.42 Å². The third kappa shape index (κ3) is 4.87. The zero-order chi connectivity index (χ0) is 14.6. The molecule has 110 valence electrons. The molecule has 0 atom stereocenters. The second kappa shape index (κ2) is 6.83. The summed E-state index contributed by atoms with van der Waals surface area (Å²) in [5, 5.41) is 5.19. The molecule has 0 saturated heterocycles. The van der Waals surface area contributed by atoms with Crippen LogP contribution in [0.25, 0.3) is 0 Å². The smallest absolute Gasteiger partial charge is 0.252 e. The van der Waals surface area contributed by atoms with Crippen LogP contribution < -0.4 is 5.32 Å². The molecule has 0 unspecified atom stereocenters. The van der Waals surface area contributed by atoms with Crippen LogP contribution in [0.1, 0.15) is 33.3 Å². The molecule has 0 saturated carbocycles. The van der Waals surface area contributed by atoms with E-state index in [1.54, 1.807) is 13.1 Å². The van der Waals surface area contributed by atoms with Crippen molar-refractivity contribution in [1.29, 1.82) is 0 Å². The average molecular weight is 304 g/mol. The van der Waals surface area contributed by atoms with Crippen LogP contribution in [-0.4, -0.2) is 32.4 Å². The number of hydrogen-bond donors (Lipinski definition) is 1. The number of nitrogens with one attached hydrogen (secondary N) is 1. The summed E-state index contributed by atoms with van der Waals surface area (Å²) < 4.78 is 26.5. The van der Waals surface area contributed by atoms with Gasteiger partial charge in [0.05, 0.1) is 0 Å². The minimum absolute atomic E-state index is 0.321. The van der Waals surface area contributed by atoms with Gasteiger partial charge in [-0.05, 0) is 22.9 Å². The van der Waals surface area contributed by atoms with Crippen molar-refractivity contribution in [2.24, 2.45) is 5.92 Å². The molecule has 6 heteroatoms. The summed E-state index contributed by atoms with van der Waals surface area (Å²) >= 11 is 1.29. The summed E-state index contributed by atoms with van der Waals surface area (Å²) in [7, 11) is -1.69. The van der Waals surface area contributed by atoms with Crippen molar-refractivity contribution in [3.63, 3.8) is 0 Å². The fourth-order valence-corrected chi connectivity index (χ4v) is 4.42. The van der Waals surface area contributed by atoms with Gasteiger partial charge in [-0.1, -0.05) is 27.7 Å². The van der Waals surface area contributed by atoms with E-state index < -0.39 is 10.0 Å². The maximum absolute atomic E-state index is 12.3. The van der Waals surface area contributed by atoms with E-state index in [0.29, 0.717) is 29.3 Å². The molecular weight excluding hydrogens is 280 g/mol. The minimum atomic E-state index is -3.33. The van der Waals surface area contributed by atoms with E-state index in [1.807, 2.05) is 19.2 Å². The molecule has 0 fully saturated rings. The first-order valence-electron chi connectivity index (χ1n) is 6.50. The second-order valence-electron chi connectivity index (χ2n) is 5.49. The van der Waals surface area contributed by atoms with Crippen LogP contribution in [0.2, 0.25) is 0 Å². The first kappa shape index (κ1) is 16.6. The van der Waals surface area contributed by atoms with E-state index in [4.69, 9.17) is 0 Å². The van der Waals surface area contributed by atoms with E-state index in [2.05, 4.69) is 19.2 Å². The minimum Gasteiger partial charge on any atom is -0.310 e. The quantitative estimate of drug-likeness (QED) is 0.842. The summed E-state index contributed by atoms with van der Waals surface area (Å²) in [6, 6.07) is 2.16. The van der Waals surface area contributed by atoms with Crippen molar-refractivity contribution >= 4 is 21.4 Å². The Balaban J connectivity index is 2.79. The molecule has 0 aliphatic rings. The van der Waals surface area contributed by atoms with Crippen LogP contribution in [0.15, 0.2) is 15.7 Å². The lowest BCUT2D eigenvalue weighted by Gasteiger charge is -2.17. The predicted molar refractivity (Wildman–Crippen MR) is 80.9 cm³/mol. The molecule has 1 aromatic rings. The van der Waals surface area contributed by atoms with Gasteiger partial charge in [0.15, 0.2) is 0 Å². The van der Waals surface area contributed by atoms with Gasteiger partial charge in [-0.3, -0.25) is 0 Å². The van der Waals surface area contributed by atoms with Crippen molar-refractivity contribution in [2.45, 2.75) is 44.5 Å². The van der Waals surface area contributed by atoms with Gasteiger partial charge >= 0.3 is 0 Å². The average Bonchev–Trinajstić information content (AvgIpc) is 2.74. The van der Waals surface area contributed by atoms with Crippen molar-refractivity contribution in [1.82, 2.24) is 9.62 Å². The molecule has 1 aromatic heterocycles. The lowest BCUT2D eigenvalue weighted by molar-refractivity contribution is 0.418. The lowest BCUT2D eigenvalue weighted by Crippen LogP contribution is -2.29. The normalized spacial score (nSPS) is 12.8. The summed E-state index contributed by atoms with van der Waals surface area (Å²) in [4.78, 5) is 0. The summed E-state index contributed by atoms with van der Waals surface area (Å²) in [5.41, 5.74) is 1.02. The highest BCUT2D eigenvalue weighted by molar-refractivity contribution is 7.91. The van der Waals surface area contributed by atoms with Crippen LogP contribution >= 0.6 is 11.3 Å².